The second-order valence-electron chi connectivity index (χ2n) is 8.66. The van der Waals surface area contributed by atoms with Crippen LogP contribution in [0.5, 0.6) is 0 Å². The third-order valence-corrected chi connectivity index (χ3v) is 7.07. The third-order valence-electron chi connectivity index (χ3n) is 6.82. The molecule has 33 heavy (non-hydrogen) atoms. The highest BCUT2D eigenvalue weighted by atomic mass is 35.5. The highest BCUT2D eigenvalue weighted by Gasteiger charge is 2.71. The second kappa shape index (κ2) is 8.59. The van der Waals surface area contributed by atoms with E-state index in [9.17, 15) is 19.5 Å². The fourth-order valence-electron chi connectivity index (χ4n) is 5.44. The SMILES string of the molecule is O=C1OCCC=C[C@H]2OC34C=CCN(c5ccc(Cl)cc5)C(=O)[C@H]3N(CCCO)C(=O)[C@@H]4C12. The molecule has 4 aliphatic heterocycles. The lowest BCUT2D eigenvalue weighted by molar-refractivity contribution is -0.154. The van der Waals surface area contributed by atoms with Crippen LogP contribution in [0.15, 0.2) is 48.6 Å². The molecule has 0 saturated carbocycles. The lowest BCUT2D eigenvalue weighted by Crippen LogP contribution is -2.55. The predicted octanol–water partition coefficient (Wildman–Crippen LogP) is 1.71. The number of hydrogen-bond donors (Lipinski definition) is 1. The van der Waals surface area contributed by atoms with Crippen LogP contribution in [0.25, 0.3) is 0 Å². The van der Waals surface area contributed by atoms with Crippen LogP contribution in [0, 0.1) is 11.8 Å². The average molecular weight is 473 g/mol. The number of benzene rings is 1. The summed E-state index contributed by atoms with van der Waals surface area (Å²) in [5, 5.41) is 9.96. The van der Waals surface area contributed by atoms with E-state index in [4.69, 9.17) is 21.1 Å². The van der Waals surface area contributed by atoms with Gasteiger partial charge in [-0.15, -0.1) is 0 Å². The summed E-state index contributed by atoms with van der Waals surface area (Å²) in [5.74, 6) is -2.84. The fraction of sp³-hybridized carbons (Fsp3) is 0.458. The fourth-order valence-corrected chi connectivity index (χ4v) is 5.57. The van der Waals surface area contributed by atoms with Crippen molar-refractivity contribution < 1.29 is 29.0 Å². The summed E-state index contributed by atoms with van der Waals surface area (Å²) in [4.78, 5) is 43.7. The van der Waals surface area contributed by atoms with Gasteiger partial charge in [-0.25, -0.2) is 0 Å². The van der Waals surface area contributed by atoms with Gasteiger partial charge >= 0.3 is 5.97 Å². The number of aliphatic hydroxyl groups excluding tert-OH is 1. The maximum Gasteiger partial charge on any atom is 0.312 e. The smallest absolute Gasteiger partial charge is 0.312 e. The van der Waals surface area contributed by atoms with Gasteiger partial charge in [0.15, 0.2) is 0 Å². The maximum atomic E-state index is 14.0. The van der Waals surface area contributed by atoms with E-state index < -0.39 is 35.6 Å². The molecule has 0 radical (unpaired) electrons. The van der Waals surface area contributed by atoms with Crippen LogP contribution in [0.4, 0.5) is 5.69 Å². The van der Waals surface area contributed by atoms with E-state index in [1.54, 1.807) is 41.3 Å². The number of cyclic esters (lactones) is 1. The van der Waals surface area contributed by atoms with Crippen molar-refractivity contribution in [1.29, 1.82) is 0 Å². The Balaban J connectivity index is 1.60. The number of carbonyl (C=O) groups excluding carboxylic acids is 3. The molecule has 1 spiro atoms. The number of amides is 2. The molecular formula is C24H25ClN2O6. The van der Waals surface area contributed by atoms with Crippen LogP contribution < -0.4 is 4.90 Å². The standard InChI is InChI=1S/C24H25ClN2O6/c25-15-6-8-16(9-7-15)26-11-3-10-24-19(18-17(33-24)5-1-2-14-32-23(18)31)21(29)27(12-4-13-28)20(24)22(26)30/h1,3,5-10,17-20,28H,2,4,11-14H2/t17-,18?,19+,20-,24?/m1/s1. The van der Waals surface area contributed by atoms with Crippen LogP contribution in [0.1, 0.15) is 12.8 Å². The minimum Gasteiger partial charge on any atom is -0.465 e. The molecule has 1 N–H and O–H groups in total. The molecule has 2 fully saturated rings. The normalized spacial score (nSPS) is 33.2. The Morgan fingerprint density at radius 3 is 2.67 bits per heavy atom. The molecular weight excluding hydrogens is 448 g/mol. The molecule has 5 atom stereocenters. The molecule has 9 heteroatoms. The number of anilines is 1. The van der Waals surface area contributed by atoms with Gasteiger partial charge in [-0.05, 0) is 37.1 Å². The molecule has 0 aliphatic carbocycles. The minimum atomic E-state index is -1.30. The number of ether oxygens (including phenoxy) is 2. The van der Waals surface area contributed by atoms with E-state index >= 15 is 0 Å². The minimum absolute atomic E-state index is 0.128. The maximum absolute atomic E-state index is 14.0. The first kappa shape index (κ1) is 22.1. The van der Waals surface area contributed by atoms with Crippen LogP contribution in [-0.4, -0.2) is 71.8 Å². The Hall–Kier alpha value is -2.68. The highest BCUT2D eigenvalue weighted by Crippen LogP contribution is 2.53. The Labute approximate surface area is 196 Å². The van der Waals surface area contributed by atoms with Gasteiger partial charge in [-0.3, -0.25) is 14.4 Å². The monoisotopic (exact) mass is 472 g/mol. The third kappa shape index (κ3) is 3.48. The van der Waals surface area contributed by atoms with Gasteiger partial charge in [-0.2, -0.15) is 0 Å². The van der Waals surface area contributed by atoms with E-state index in [0.29, 0.717) is 23.6 Å². The summed E-state index contributed by atoms with van der Waals surface area (Å²) in [6, 6.07) is 5.94. The van der Waals surface area contributed by atoms with Gasteiger partial charge < -0.3 is 24.4 Å². The molecule has 4 aliphatic rings. The Morgan fingerprint density at radius 2 is 1.91 bits per heavy atom. The first-order valence-electron chi connectivity index (χ1n) is 11.1. The summed E-state index contributed by atoms with van der Waals surface area (Å²) < 4.78 is 11.8. The first-order chi connectivity index (χ1) is 16.0. The van der Waals surface area contributed by atoms with Gasteiger partial charge in [0, 0.05) is 30.4 Å². The molecule has 2 amide bonds. The van der Waals surface area contributed by atoms with Gasteiger partial charge in [0.1, 0.15) is 17.6 Å². The number of rotatable bonds is 4. The van der Waals surface area contributed by atoms with Crippen molar-refractivity contribution in [3.63, 3.8) is 0 Å². The number of fused-ring (bicyclic) bond motifs is 2. The summed E-state index contributed by atoms with van der Waals surface area (Å²) in [5.41, 5.74) is -0.652. The Bertz CT molecular complexity index is 1020. The number of esters is 1. The van der Waals surface area contributed by atoms with Crippen molar-refractivity contribution in [1.82, 2.24) is 4.90 Å². The number of nitrogens with zero attached hydrogens (tertiary/aromatic N) is 2. The van der Waals surface area contributed by atoms with Crippen molar-refractivity contribution in [3.05, 3.63) is 53.6 Å². The molecule has 1 aromatic carbocycles. The number of halogens is 1. The van der Waals surface area contributed by atoms with Crippen LogP contribution in [-0.2, 0) is 23.9 Å². The zero-order chi connectivity index (χ0) is 23.2. The molecule has 8 nitrogen and oxygen atoms in total. The Morgan fingerprint density at radius 1 is 1.12 bits per heavy atom. The van der Waals surface area contributed by atoms with Crippen molar-refractivity contribution in [2.24, 2.45) is 11.8 Å². The first-order valence-corrected chi connectivity index (χ1v) is 11.5. The molecule has 2 unspecified atom stereocenters. The quantitative estimate of drug-likeness (QED) is 0.529. The second-order valence-corrected chi connectivity index (χ2v) is 9.10. The number of likely N-dealkylation sites (tertiary alicyclic amines) is 1. The predicted molar refractivity (Wildman–Crippen MR) is 119 cm³/mol. The van der Waals surface area contributed by atoms with Crippen LogP contribution in [0.2, 0.25) is 5.02 Å². The molecule has 0 aromatic heterocycles. The van der Waals surface area contributed by atoms with Crippen molar-refractivity contribution >= 4 is 35.1 Å². The molecule has 1 aromatic rings. The van der Waals surface area contributed by atoms with Gasteiger partial charge in [0.2, 0.25) is 5.91 Å². The van der Waals surface area contributed by atoms with Crippen LogP contribution >= 0.6 is 11.6 Å². The van der Waals surface area contributed by atoms with Crippen molar-refractivity contribution in [2.45, 2.75) is 30.6 Å². The lowest BCUT2D eigenvalue weighted by Gasteiger charge is -2.35. The van der Waals surface area contributed by atoms with E-state index in [0.717, 1.165) is 0 Å². The van der Waals surface area contributed by atoms with E-state index in [1.807, 2.05) is 12.2 Å². The largest absolute Gasteiger partial charge is 0.465 e. The van der Waals surface area contributed by atoms with Crippen LogP contribution in [0.3, 0.4) is 0 Å². The number of aliphatic hydroxyl groups is 1. The lowest BCUT2D eigenvalue weighted by atomic mass is 9.77. The topological polar surface area (TPSA) is 96.4 Å². The summed E-state index contributed by atoms with van der Waals surface area (Å²) in [7, 11) is 0. The average Bonchev–Trinajstić information content (AvgIpc) is 3.17. The zero-order valence-electron chi connectivity index (χ0n) is 17.9. The molecule has 174 valence electrons. The molecule has 2 saturated heterocycles. The summed E-state index contributed by atoms with van der Waals surface area (Å²) in [6.07, 6.45) is 7.49. The number of hydrogen-bond acceptors (Lipinski definition) is 6. The van der Waals surface area contributed by atoms with E-state index in [2.05, 4.69) is 0 Å². The summed E-state index contributed by atoms with van der Waals surface area (Å²) in [6.45, 7) is 0.574. The molecule has 5 rings (SSSR count). The van der Waals surface area contributed by atoms with Crippen molar-refractivity contribution in [2.75, 3.05) is 31.2 Å². The van der Waals surface area contributed by atoms with Gasteiger partial charge in [0.25, 0.3) is 5.91 Å². The van der Waals surface area contributed by atoms with Crippen molar-refractivity contribution in [3.8, 4) is 0 Å². The molecule has 4 heterocycles. The molecule has 0 bridgehead atoms. The highest BCUT2D eigenvalue weighted by molar-refractivity contribution is 6.30. The number of carbonyl (C=O) groups is 3. The van der Waals surface area contributed by atoms with Gasteiger partial charge in [-0.1, -0.05) is 35.9 Å². The summed E-state index contributed by atoms with van der Waals surface area (Å²) >= 11 is 6.03. The zero-order valence-corrected chi connectivity index (χ0v) is 18.7. The van der Waals surface area contributed by atoms with E-state index in [-0.39, 0.29) is 38.1 Å². The van der Waals surface area contributed by atoms with E-state index in [1.165, 1.54) is 4.90 Å². The van der Waals surface area contributed by atoms with Gasteiger partial charge in [0.05, 0.1) is 18.6 Å². The Kier molecular flexibility index (Phi) is 5.76.